The number of nitrogens with one attached hydrogen (secondary N) is 1. The molecule has 0 saturated carbocycles. The number of ether oxygens (including phenoxy) is 2. The zero-order chi connectivity index (χ0) is 18.2. The SMILES string of the molecule is ClC1c2ccccc2CC1NC1CCN(c2cccc3c2OCCO3)CC1. The minimum Gasteiger partial charge on any atom is -0.486 e. The van der Waals surface area contributed by atoms with E-state index in [0.29, 0.717) is 25.3 Å². The molecular formula is C22H25ClN2O2. The predicted octanol–water partition coefficient (Wildman–Crippen LogP) is 3.92. The van der Waals surface area contributed by atoms with Crippen LogP contribution in [0.1, 0.15) is 29.3 Å². The van der Waals surface area contributed by atoms with Crippen LogP contribution in [-0.4, -0.2) is 38.4 Å². The third-order valence-corrected chi connectivity index (χ3v) is 6.52. The number of hydrogen-bond acceptors (Lipinski definition) is 4. The summed E-state index contributed by atoms with van der Waals surface area (Å²) < 4.78 is 11.6. The molecule has 0 aromatic heterocycles. The van der Waals surface area contributed by atoms with Crippen LogP contribution in [0.3, 0.4) is 0 Å². The lowest BCUT2D eigenvalue weighted by atomic mass is 10.0. The van der Waals surface area contributed by atoms with Gasteiger partial charge in [0.1, 0.15) is 13.2 Å². The number of hydrogen-bond donors (Lipinski definition) is 1. The highest BCUT2D eigenvalue weighted by atomic mass is 35.5. The standard InChI is InChI=1S/C22H25ClN2O2/c23-21-17-5-2-1-4-15(17)14-18(21)24-16-8-10-25(11-9-16)19-6-3-7-20-22(19)27-13-12-26-20/h1-7,16,18,21,24H,8-14H2. The minimum atomic E-state index is 0.0749. The second-order valence-electron chi connectivity index (χ2n) is 7.64. The third kappa shape index (κ3) is 3.26. The summed E-state index contributed by atoms with van der Waals surface area (Å²) in [6, 6.07) is 15.6. The lowest BCUT2D eigenvalue weighted by Gasteiger charge is -2.37. The Hall–Kier alpha value is -1.91. The predicted molar refractivity (Wildman–Crippen MR) is 108 cm³/mol. The van der Waals surface area contributed by atoms with Crippen LogP contribution >= 0.6 is 11.6 Å². The molecule has 2 atom stereocenters. The van der Waals surface area contributed by atoms with Gasteiger partial charge in [0, 0.05) is 25.2 Å². The van der Waals surface area contributed by atoms with Crippen LogP contribution in [-0.2, 0) is 6.42 Å². The van der Waals surface area contributed by atoms with Gasteiger partial charge >= 0.3 is 0 Å². The van der Waals surface area contributed by atoms with E-state index in [0.717, 1.165) is 49.5 Å². The summed E-state index contributed by atoms with van der Waals surface area (Å²) in [4.78, 5) is 2.42. The summed E-state index contributed by atoms with van der Waals surface area (Å²) in [6.07, 6.45) is 3.25. The highest BCUT2D eigenvalue weighted by Gasteiger charge is 2.33. The van der Waals surface area contributed by atoms with E-state index in [-0.39, 0.29) is 5.38 Å². The van der Waals surface area contributed by atoms with E-state index < -0.39 is 0 Å². The Bertz CT molecular complexity index is 820. The zero-order valence-electron chi connectivity index (χ0n) is 15.4. The minimum absolute atomic E-state index is 0.0749. The van der Waals surface area contributed by atoms with Crippen molar-refractivity contribution in [1.82, 2.24) is 5.32 Å². The lowest BCUT2D eigenvalue weighted by molar-refractivity contribution is 0.172. The van der Waals surface area contributed by atoms with Crippen molar-refractivity contribution < 1.29 is 9.47 Å². The first-order chi connectivity index (χ1) is 13.3. The lowest BCUT2D eigenvalue weighted by Crippen LogP contribution is -2.47. The molecule has 1 N–H and O–H groups in total. The van der Waals surface area contributed by atoms with Gasteiger partial charge in [-0.2, -0.15) is 0 Å². The van der Waals surface area contributed by atoms with E-state index in [4.69, 9.17) is 21.1 Å². The molecule has 0 spiro atoms. The fraction of sp³-hybridized carbons (Fsp3) is 0.455. The fourth-order valence-electron chi connectivity index (χ4n) is 4.59. The van der Waals surface area contributed by atoms with E-state index >= 15 is 0 Å². The Morgan fingerprint density at radius 2 is 1.78 bits per heavy atom. The molecule has 0 amide bonds. The second-order valence-corrected chi connectivity index (χ2v) is 8.11. The molecule has 4 nitrogen and oxygen atoms in total. The van der Waals surface area contributed by atoms with Crippen LogP contribution in [0.4, 0.5) is 5.69 Å². The van der Waals surface area contributed by atoms with Crippen molar-refractivity contribution in [3.8, 4) is 11.5 Å². The van der Waals surface area contributed by atoms with Crippen molar-refractivity contribution in [2.24, 2.45) is 0 Å². The maximum absolute atomic E-state index is 6.73. The van der Waals surface area contributed by atoms with Crippen molar-refractivity contribution in [3.05, 3.63) is 53.6 Å². The number of fused-ring (bicyclic) bond motifs is 2. The van der Waals surface area contributed by atoms with Gasteiger partial charge in [-0.1, -0.05) is 30.3 Å². The van der Waals surface area contributed by atoms with Gasteiger partial charge < -0.3 is 19.7 Å². The van der Waals surface area contributed by atoms with Gasteiger partial charge in [-0.15, -0.1) is 11.6 Å². The summed E-state index contributed by atoms with van der Waals surface area (Å²) in [6.45, 7) is 3.29. The number of benzene rings is 2. The van der Waals surface area contributed by atoms with Crippen molar-refractivity contribution >= 4 is 17.3 Å². The van der Waals surface area contributed by atoms with Crippen LogP contribution in [0.5, 0.6) is 11.5 Å². The van der Waals surface area contributed by atoms with E-state index in [1.165, 1.54) is 11.1 Å². The Kier molecular flexibility index (Phi) is 4.62. The van der Waals surface area contributed by atoms with Gasteiger partial charge in [-0.3, -0.25) is 0 Å². The van der Waals surface area contributed by atoms with Crippen molar-refractivity contribution in [2.45, 2.75) is 36.7 Å². The van der Waals surface area contributed by atoms with E-state index in [1.807, 2.05) is 6.07 Å². The molecule has 5 heteroatoms. The zero-order valence-corrected chi connectivity index (χ0v) is 16.1. The van der Waals surface area contributed by atoms with Crippen LogP contribution in [0.2, 0.25) is 0 Å². The summed E-state index contributed by atoms with van der Waals surface area (Å²) in [5.74, 6) is 1.77. The smallest absolute Gasteiger partial charge is 0.184 e. The van der Waals surface area contributed by atoms with Gasteiger partial charge in [-0.25, -0.2) is 0 Å². The van der Waals surface area contributed by atoms with Crippen molar-refractivity contribution in [1.29, 1.82) is 0 Å². The van der Waals surface area contributed by atoms with Crippen molar-refractivity contribution in [3.63, 3.8) is 0 Å². The van der Waals surface area contributed by atoms with Crippen LogP contribution in [0, 0.1) is 0 Å². The monoisotopic (exact) mass is 384 g/mol. The largest absolute Gasteiger partial charge is 0.486 e. The molecule has 27 heavy (non-hydrogen) atoms. The second kappa shape index (κ2) is 7.25. The van der Waals surface area contributed by atoms with Gasteiger partial charge in [0.2, 0.25) is 0 Å². The molecular weight excluding hydrogens is 360 g/mol. The highest BCUT2D eigenvalue weighted by Crippen LogP contribution is 2.41. The number of anilines is 1. The number of halogens is 1. The molecule has 2 aliphatic heterocycles. The normalized spacial score (nSPS) is 24.7. The molecule has 1 saturated heterocycles. The molecule has 2 aromatic carbocycles. The average Bonchev–Trinajstić information content (AvgIpc) is 3.04. The molecule has 2 aromatic rings. The summed E-state index contributed by atoms with van der Waals surface area (Å²) in [5.41, 5.74) is 3.84. The number of para-hydroxylation sites is 1. The Morgan fingerprint density at radius 3 is 2.63 bits per heavy atom. The Balaban J connectivity index is 1.22. The quantitative estimate of drug-likeness (QED) is 0.813. The third-order valence-electron chi connectivity index (χ3n) is 5.98. The van der Waals surface area contributed by atoms with Gasteiger partial charge in [0.05, 0.1) is 11.1 Å². The molecule has 3 aliphatic rings. The fourth-order valence-corrected chi connectivity index (χ4v) is 4.96. The molecule has 1 fully saturated rings. The highest BCUT2D eigenvalue weighted by molar-refractivity contribution is 6.21. The molecule has 2 unspecified atom stereocenters. The number of nitrogens with zero attached hydrogens (tertiary/aromatic N) is 1. The van der Waals surface area contributed by atoms with Crippen molar-refractivity contribution in [2.75, 3.05) is 31.2 Å². The van der Waals surface area contributed by atoms with E-state index in [2.05, 4.69) is 46.6 Å². The molecule has 2 heterocycles. The van der Waals surface area contributed by atoms with Crippen LogP contribution < -0.4 is 19.7 Å². The van der Waals surface area contributed by atoms with Gasteiger partial charge in [0.15, 0.2) is 11.5 Å². The first-order valence-corrected chi connectivity index (χ1v) is 10.3. The van der Waals surface area contributed by atoms with E-state index in [1.54, 1.807) is 0 Å². The average molecular weight is 385 g/mol. The molecule has 5 rings (SSSR count). The molecule has 0 bridgehead atoms. The molecule has 142 valence electrons. The van der Waals surface area contributed by atoms with Crippen LogP contribution in [0.15, 0.2) is 42.5 Å². The first-order valence-electron chi connectivity index (χ1n) is 9.91. The van der Waals surface area contributed by atoms with Crippen LogP contribution in [0.25, 0.3) is 0 Å². The maximum atomic E-state index is 6.73. The number of piperidine rings is 1. The Labute approximate surface area is 165 Å². The summed E-state index contributed by atoms with van der Waals surface area (Å²) >= 11 is 6.73. The summed E-state index contributed by atoms with van der Waals surface area (Å²) in [7, 11) is 0. The first kappa shape index (κ1) is 17.2. The Morgan fingerprint density at radius 1 is 0.963 bits per heavy atom. The topological polar surface area (TPSA) is 33.7 Å². The van der Waals surface area contributed by atoms with Gasteiger partial charge in [-0.05, 0) is 42.5 Å². The van der Waals surface area contributed by atoms with E-state index in [9.17, 15) is 0 Å². The van der Waals surface area contributed by atoms with Gasteiger partial charge in [0.25, 0.3) is 0 Å². The molecule has 1 aliphatic carbocycles. The number of rotatable bonds is 3. The number of alkyl halides is 1. The molecule has 0 radical (unpaired) electrons. The maximum Gasteiger partial charge on any atom is 0.184 e. The summed E-state index contributed by atoms with van der Waals surface area (Å²) in [5, 5.41) is 3.91.